The highest BCUT2D eigenvalue weighted by molar-refractivity contribution is 5.29. The molecule has 1 fully saturated rings. The molecular weight excluding hydrogens is 327 g/mol. The maximum absolute atomic E-state index is 13.1. The minimum Gasteiger partial charge on any atom is -0.348 e. The molecular formula is C19H24F3N3. The molecule has 0 bridgehead atoms. The molecule has 1 aliphatic rings. The van der Waals surface area contributed by atoms with Gasteiger partial charge in [0.05, 0.1) is 17.6 Å². The zero-order valence-electron chi connectivity index (χ0n) is 14.4. The Hall–Kier alpha value is -1.82. The fraction of sp³-hybridized carbons (Fsp3) is 0.526. The number of alkyl halides is 3. The van der Waals surface area contributed by atoms with E-state index >= 15 is 0 Å². The van der Waals surface area contributed by atoms with Gasteiger partial charge in [-0.3, -0.25) is 4.90 Å². The standard InChI is InChI=1S/C19H24F3N3/c1-14-18(24-13-23-14)12-25-10-4-5-15(11-25)8-9-16-6-2-3-7-17(16)19(20,21)22/h2-3,6-7,13,15H,4-5,8-12H2,1H3,(H,23,24)/t15-/m1/s1. The van der Waals surface area contributed by atoms with Crippen LogP contribution in [-0.2, 0) is 19.1 Å². The van der Waals surface area contributed by atoms with Gasteiger partial charge < -0.3 is 4.98 Å². The average Bonchev–Trinajstić information content (AvgIpc) is 2.98. The van der Waals surface area contributed by atoms with Gasteiger partial charge in [-0.05, 0) is 56.7 Å². The van der Waals surface area contributed by atoms with Crippen LogP contribution in [0, 0.1) is 12.8 Å². The van der Waals surface area contributed by atoms with E-state index in [1.54, 1.807) is 18.5 Å². The first kappa shape index (κ1) is 18.0. The van der Waals surface area contributed by atoms with Gasteiger partial charge >= 0.3 is 6.18 Å². The molecule has 1 aliphatic heterocycles. The maximum atomic E-state index is 13.1. The molecule has 1 N–H and O–H groups in total. The van der Waals surface area contributed by atoms with E-state index in [1.165, 1.54) is 12.1 Å². The summed E-state index contributed by atoms with van der Waals surface area (Å²) in [5, 5.41) is 0. The zero-order chi connectivity index (χ0) is 17.9. The van der Waals surface area contributed by atoms with E-state index in [4.69, 9.17) is 0 Å². The van der Waals surface area contributed by atoms with Crippen molar-refractivity contribution >= 4 is 0 Å². The second kappa shape index (κ2) is 7.60. The first-order valence-electron chi connectivity index (χ1n) is 8.80. The zero-order valence-corrected chi connectivity index (χ0v) is 14.4. The molecule has 25 heavy (non-hydrogen) atoms. The molecule has 0 radical (unpaired) electrons. The van der Waals surface area contributed by atoms with Crippen LogP contribution in [0.5, 0.6) is 0 Å². The van der Waals surface area contributed by atoms with Crippen molar-refractivity contribution in [2.75, 3.05) is 13.1 Å². The Balaban J connectivity index is 1.58. The van der Waals surface area contributed by atoms with Gasteiger partial charge in [-0.2, -0.15) is 13.2 Å². The van der Waals surface area contributed by atoms with Crippen LogP contribution >= 0.6 is 0 Å². The van der Waals surface area contributed by atoms with E-state index in [9.17, 15) is 13.2 Å². The topological polar surface area (TPSA) is 31.9 Å². The number of halogens is 3. The van der Waals surface area contributed by atoms with Crippen molar-refractivity contribution in [1.82, 2.24) is 14.9 Å². The van der Waals surface area contributed by atoms with Crippen LogP contribution in [0.25, 0.3) is 0 Å². The van der Waals surface area contributed by atoms with Crippen LogP contribution in [0.1, 0.15) is 41.8 Å². The van der Waals surface area contributed by atoms with Crippen molar-refractivity contribution in [1.29, 1.82) is 0 Å². The van der Waals surface area contributed by atoms with Crippen molar-refractivity contribution in [3.05, 3.63) is 53.1 Å². The molecule has 136 valence electrons. The molecule has 1 aromatic heterocycles. The fourth-order valence-electron chi connectivity index (χ4n) is 3.66. The Kier molecular flexibility index (Phi) is 5.47. The summed E-state index contributed by atoms with van der Waals surface area (Å²) in [5.41, 5.74) is 2.06. The van der Waals surface area contributed by atoms with Gasteiger partial charge in [0.1, 0.15) is 0 Å². The number of likely N-dealkylation sites (tertiary alicyclic amines) is 1. The van der Waals surface area contributed by atoms with Crippen LogP contribution in [-0.4, -0.2) is 28.0 Å². The maximum Gasteiger partial charge on any atom is 0.416 e. The molecule has 6 heteroatoms. The number of imidazole rings is 1. The lowest BCUT2D eigenvalue weighted by Gasteiger charge is -2.32. The van der Waals surface area contributed by atoms with Crippen LogP contribution < -0.4 is 0 Å². The highest BCUT2D eigenvalue weighted by Crippen LogP contribution is 2.33. The summed E-state index contributed by atoms with van der Waals surface area (Å²) < 4.78 is 39.3. The van der Waals surface area contributed by atoms with Gasteiger partial charge in [-0.25, -0.2) is 4.98 Å². The highest BCUT2D eigenvalue weighted by Gasteiger charge is 2.33. The molecule has 0 amide bonds. The molecule has 2 heterocycles. The highest BCUT2D eigenvalue weighted by atomic mass is 19.4. The first-order valence-corrected chi connectivity index (χ1v) is 8.80. The van der Waals surface area contributed by atoms with Crippen LogP contribution in [0.4, 0.5) is 13.2 Å². The van der Waals surface area contributed by atoms with E-state index in [-0.39, 0.29) is 0 Å². The predicted octanol–water partition coefficient (Wildman–Crippen LogP) is 4.58. The minimum atomic E-state index is -4.27. The largest absolute Gasteiger partial charge is 0.416 e. The molecule has 0 saturated carbocycles. The van der Waals surface area contributed by atoms with Crippen LogP contribution in [0.2, 0.25) is 0 Å². The number of hydrogen-bond donors (Lipinski definition) is 1. The van der Waals surface area contributed by atoms with E-state index in [0.717, 1.165) is 50.3 Å². The lowest BCUT2D eigenvalue weighted by Crippen LogP contribution is -2.35. The Morgan fingerprint density at radius 3 is 2.80 bits per heavy atom. The third-order valence-electron chi connectivity index (χ3n) is 5.06. The van der Waals surface area contributed by atoms with Crippen LogP contribution in [0.3, 0.4) is 0 Å². The van der Waals surface area contributed by atoms with Gasteiger partial charge in [-0.15, -0.1) is 0 Å². The Morgan fingerprint density at radius 1 is 1.28 bits per heavy atom. The average molecular weight is 351 g/mol. The van der Waals surface area contributed by atoms with Gasteiger partial charge in [0.2, 0.25) is 0 Å². The van der Waals surface area contributed by atoms with E-state index in [0.29, 0.717) is 17.9 Å². The van der Waals surface area contributed by atoms with Crippen molar-refractivity contribution in [3.8, 4) is 0 Å². The number of piperidine rings is 1. The lowest BCUT2D eigenvalue weighted by atomic mass is 9.90. The number of aryl methyl sites for hydroxylation is 2. The molecule has 3 rings (SSSR count). The third kappa shape index (κ3) is 4.63. The second-order valence-corrected chi connectivity index (χ2v) is 6.91. The summed E-state index contributed by atoms with van der Waals surface area (Å²) in [6.07, 6.45) is 0.894. The van der Waals surface area contributed by atoms with Gasteiger partial charge in [0, 0.05) is 18.8 Å². The molecule has 3 nitrogen and oxygen atoms in total. The number of rotatable bonds is 5. The summed E-state index contributed by atoms with van der Waals surface area (Å²) in [7, 11) is 0. The Labute approximate surface area is 146 Å². The number of H-pyrrole nitrogens is 1. The van der Waals surface area contributed by atoms with Crippen LogP contribution in [0.15, 0.2) is 30.6 Å². The SMILES string of the molecule is Cc1[nH]cnc1CN1CCC[C@H](CCc2ccccc2C(F)(F)F)C1. The monoisotopic (exact) mass is 351 g/mol. The smallest absolute Gasteiger partial charge is 0.348 e. The van der Waals surface area contributed by atoms with Crippen molar-refractivity contribution in [3.63, 3.8) is 0 Å². The van der Waals surface area contributed by atoms with E-state index in [1.807, 2.05) is 6.92 Å². The summed E-state index contributed by atoms with van der Waals surface area (Å²) in [4.78, 5) is 9.81. The fourth-order valence-corrected chi connectivity index (χ4v) is 3.66. The molecule has 1 saturated heterocycles. The third-order valence-corrected chi connectivity index (χ3v) is 5.06. The molecule has 1 aromatic carbocycles. The van der Waals surface area contributed by atoms with Crippen molar-refractivity contribution < 1.29 is 13.2 Å². The van der Waals surface area contributed by atoms with Gasteiger partial charge in [0.15, 0.2) is 0 Å². The number of nitrogens with one attached hydrogen (secondary N) is 1. The van der Waals surface area contributed by atoms with Gasteiger partial charge in [-0.1, -0.05) is 18.2 Å². The quantitative estimate of drug-likeness (QED) is 0.855. The predicted molar refractivity (Wildman–Crippen MR) is 91.1 cm³/mol. The lowest BCUT2D eigenvalue weighted by molar-refractivity contribution is -0.138. The summed E-state index contributed by atoms with van der Waals surface area (Å²) in [6, 6.07) is 5.94. The number of aromatic nitrogens is 2. The Morgan fingerprint density at radius 2 is 2.08 bits per heavy atom. The number of aromatic amines is 1. The summed E-state index contributed by atoms with van der Waals surface area (Å²) in [6.45, 7) is 4.78. The first-order chi connectivity index (χ1) is 11.9. The molecule has 0 spiro atoms. The second-order valence-electron chi connectivity index (χ2n) is 6.91. The summed E-state index contributed by atoms with van der Waals surface area (Å²) >= 11 is 0. The number of benzene rings is 1. The number of nitrogens with zero attached hydrogens (tertiary/aromatic N) is 2. The molecule has 1 atom stereocenters. The van der Waals surface area contributed by atoms with E-state index in [2.05, 4.69) is 14.9 Å². The number of hydrogen-bond acceptors (Lipinski definition) is 2. The van der Waals surface area contributed by atoms with E-state index < -0.39 is 11.7 Å². The van der Waals surface area contributed by atoms with Crippen molar-refractivity contribution in [2.24, 2.45) is 5.92 Å². The minimum absolute atomic E-state index is 0.412. The van der Waals surface area contributed by atoms with Gasteiger partial charge in [0.25, 0.3) is 0 Å². The Bertz CT molecular complexity index is 693. The molecule has 2 aromatic rings. The molecule has 0 aliphatic carbocycles. The van der Waals surface area contributed by atoms with Crippen molar-refractivity contribution in [2.45, 2.75) is 45.3 Å². The summed E-state index contributed by atoms with van der Waals surface area (Å²) in [5.74, 6) is 0.439. The normalized spacial score (nSPS) is 19.3. The molecule has 0 unspecified atom stereocenters.